The van der Waals surface area contributed by atoms with E-state index in [9.17, 15) is 31.9 Å². The fourth-order valence-corrected chi connectivity index (χ4v) is 6.54. The number of aromatic nitrogens is 4. The first kappa shape index (κ1) is 26.7. The number of nitrogens with zero attached hydrogens (tertiary/aromatic N) is 5. The number of imidazole rings is 1. The Kier molecular flexibility index (Phi) is 5.52. The van der Waals surface area contributed by atoms with Gasteiger partial charge in [0.1, 0.15) is 17.4 Å². The van der Waals surface area contributed by atoms with Crippen molar-refractivity contribution in [3.8, 4) is 16.9 Å². The molecule has 3 N–H and O–H groups in total. The minimum atomic E-state index is -4.80. The molecule has 0 spiro atoms. The predicted octanol–water partition coefficient (Wildman–Crippen LogP) is 4.46. The number of carbonyl (C=O) groups excluding carboxylic acids is 1. The Morgan fingerprint density at radius 1 is 1.10 bits per heavy atom. The Labute approximate surface area is 234 Å². The topological polar surface area (TPSA) is 119 Å². The van der Waals surface area contributed by atoms with Gasteiger partial charge in [-0.25, -0.2) is 15.0 Å². The van der Waals surface area contributed by atoms with Gasteiger partial charge in [-0.3, -0.25) is 4.79 Å². The van der Waals surface area contributed by atoms with Crippen molar-refractivity contribution >= 4 is 16.9 Å². The Bertz CT molecular complexity index is 1750. The van der Waals surface area contributed by atoms with E-state index in [1.807, 2.05) is 10.6 Å². The number of hydrogen-bond acceptors (Lipinski definition) is 7. The summed E-state index contributed by atoms with van der Waals surface area (Å²) in [5.74, 6) is 0.215. The maximum Gasteiger partial charge on any atom is 0.417 e. The second kappa shape index (κ2) is 8.67. The van der Waals surface area contributed by atoms with Crippen molar-refractivity contribution in [3.05, 3.63) is 71.6 Å². The predicted molar refractivity (Wildman–Crippen MR) is 138 cm³/mol. The number of rotatable bonds is 4. The van der Waals surface area contributed by atoms with Gasteiger partial charge < -0.3 is 25.0 Å². The number of ether oxygens (including phenoxy) is 1. The van der Waals surface area contributed by atoms with Crippen molar-refractivity contribution in [2.75, 3.05) is 7.05 Å². The molecule has 1 fully saturated rings. The molecule has 0 saturated heterocycles. The average Bonchev–Trinajstić information content (AvgIpc) is 3.44. The van der Waals surface area contributed by atoms with Crippen LogP contribution in [0.1, 0.15) is 58.9 Å². The number of nitrogens with two attached hydrogens (primary N) is 1. The van der Waals surface area contributed by atoms with Crippen LogP contribution in [0.2, 0.25) is 0 Å². The van der Waals surface area contributed by atoms with Crippen LogP contribution in [0.5, 0.6) is 5.75 Å². The summed E-state index contributed by atoms with van der Waals surface area (Å²) in [6.07, 6.45) is -2.97. The summed E-state index contributed by atoms with van der Waals surface area (Å²) in [5, 5.41) is 9.83. The van der Waals surface area contributed by atoms with E-state index in [1.54, 1.807) is 30.1 Å². The van der Waals surface area contributed by atoms with Crippen LogP contribution in [0.4, 0.5) is 22.0 Å². The van der Waals surface area contributed by atoms with Gasteiger partial charge in [0, 0.05) is 55.4 Å². The lowest BCUT2D eigenvalue weighted by Gasteiger charge is -2.50. The van der Waals surface area contributed by atoms with Crippen LogP contribution in [0.25, 0.3) is 22.2 Å². The number of amides is 1. The molecule has 3 aliphatic rings. The molecule has 1 aliphatic carbocycles. The fraction of sp³-hybridized carbons (Fsp3) is 0.357. The molecule has 1 saturated carbocycles. The first-order chi connectivity index (χ1) is 19.8. The third kappa shape index (κ3) is 3.74. The van der Waals surface area contributed by atoms with Gasteiger partial charge in [0.2, 0.25) is 0 Å². The molecule has 9 nitrogen and oxygen atoms in total. The van der Waals surface area contributed by atoms with E-state index in [4.69, 9.17) is 15.5 Å². The molecule has 1 amide bonds. The van der Waals surface area contributed by atoms with Crippen molar-refractivity contribution in [3.63, 3.8) is 0 Å². The van der Waals surface area contributed by atoms with Gasteiger partial charge in [-0.1, -0.05) is 12.1 Å². The summed E-state index contributed by atoms with van der Waals surface area (Å²) in [6.45, 7) is -3.08. The number of benzene rings is 2. The molecule has 218 valence electrons. The molecule has 2 bridgehead atoms. The van der Waals surface area contributed by atoms with Crippen LogP contribution >= 0.6 is 0 Å². The summed E-state index contributed by atoms with van der Waals surface area (Å²) in [6, 6.07) is 9.01. The van der Waals surface area contributed by atoms with Crippen molar-refractivity contribution in [1.82, 2.24) is 24.4 Å². The number of carbonyl (C=O) groups is 1. The van der Waals surface area contributed by atoms with E-state index >= 15 is 0 Å². The van der Waals surface area contributed by atoms with E-state index in [0.717, 1.165) is 0 Å². The van der Waals surface area contributed by atoms with Crippen molar-refractivity contribution in [1.29, 1.82) is 0 Å². The zero-order valence-electron chi connectivity index (χ0n) is 21.9. The third-order valence-corrected chi connectivity index (χ3v) is 8.58. The summed E-state index contributed by atoms with van der Waals surface area (Å²) in [5.41, 5.74) is 4.88. The summed E-state index contributed by atoms with van der Waals surface area (Å²) < 4.78 is 72.8. The van der Waals surface area contributed by atoms with Gasteiger partial charge >= 0.3 is 12.8 Å². The molecule has 7 rings (SSSR count). The molecule has 4 aromatic rings. The first-order valence-electron chi connectivity index (χ1n) is 13.1. The highest BCUT2D eigenvalue weighted by Gasteiger charge is 2.67. The molecule has 0 unspecified atom stereocenters. The van der Waals surface area contributed by atoms with Gasteiger partial charge in [-0.05, 0) is 29.8 Å². The second-order valence-electron chi connectivity index (χ2n) is 11.2. The highest BCUT2D eigenvalue weighted by atomic mass is 19.4. The zero-order chi connectivity index (χ0) is 29.8. The van der Waals surface area contributed by atoms with Crippen molar-refractivity contribution < 1.29 is 36.6 Å². The van der Waals surface area contributed by atoms with Crippen LogP contribution in [0.3, 0.4) is 0 Å². The minimum Gasteiger partial charge on any atom is -0.434 e. The SMILES string of the molecule is CN1C(=O)c2cccc(OC(F)F)c2[C@@H]2C[C@@H]1c1nc3ccc(-c4cnc([C@]5(N)C[C@](O)(C(F)(F)F)C5)nc4)cc3n12. The maximum absolute atomic E-state index is 13.3. The molecular weight excluding hydrogens is 563 g/mol. The standard InChI is InChI=1S/C28H23F5N6O3/c1-38-19-8-18(21-15(23(38)40)3-2-4-20(21)42-25(29)30)39-17-7-13(5-6-16(17)37-22(19)39)14-9-35-24(36-10-14)26(34)11-27(41,12-26)28(31,32)33/h2-7,9-10,18-19,25,41H,8,11-12,34H2,1H3/t18-,19+,26-,27+/m0/s1. The normalized spacial score (nSPS) is 26.7. The lowest BCUT2D eigenvalue weighted by atomic mass is 9.64. The number of halogens is 5. The molecule has 2 atom stereocenters. The number of hydrogen-bond donors (Lipinski definition) is 2. The van der Waals surface area contributed by atoms with E-state index in [0.29, 0.717) is 40.0 Å². The Morgan fingerprint density at radius 3 is 2.48 bits per heavy atom. The second-order valence-corrected chi connectivity index (χ2v) is 11.2. The maximum atomic E-state index is 13.3. The molecule has 42 heavy (non-hydrogen) atoms. The van der Waals surface area contributed by atoms with Gasteiger partial charge in [0.25, 0.3) is 5.91 Å². The lowest BCUT2D eigenvalue weighted by molar-refractivity contribution is -0.304. The fourth-order valence-electron chi connectivity index (χ4n) is 6.54. The Balaban J connectivity index is 1.28. The number of fused-ring (bicyclic) bond motifs is 9. The molecule has 2 aliphatic heterocycles. The largest absolute Gasteiger partial charge is 0.434 e. The zero-order valence-corrected chi connectivity index (χ0v) is 21.9. The summed E-state index contributed by atoms with van der Waals surface area (Å²) in [4.78, 5) is 28.1. The molecular formula is C28H23F5N6O3. The number of alkyl halides is 5. The van der Waals surface area contributed by atoms with Crippen LogP contribution in [-0.4, -0.2) is 60.9 Å². The van der Waals surface area contributed by atoms with E-state index in [-0.39, 0.29) is 23.0 Å². The molecule has 4 heterocycles. The van der Waals surface area contributed by atoms with Crippen molar-refractivity contribution in [2.45, 2.75) is 55.3 Å². The third-order valence-electron chi connectivity index (χ3n) is 8.58. The van der Waals surface area contributed by atoms with Crippen LogP contribution in [0.15, 0.2) is 48.8 Å². The van der Waals surface area contributed by atoms with Crippen LogP contribution in [-0.2, 0) is 5.54 Å². The summed E-state index contributed by atoms with van der Waals surface area (Å²) >= 11 is 0. The highest BCUT2D eigenvalue weighted by molar-refractivity contribution is 5.98. The van der Waals surface area contributed by atoms with Gasteiger partial charge in [0.05, 0.1) is 28.7 Å². The van der Waals surface area contributed by atoms with E-state index in [1.165, 1.54) is 24.5 Å². The highest BCUT2D eigenvalue weighted by Crippen LogP contribution is 2.53. The minimum absolute atomic E-state index is 0.00702. The Morgan fingerprint density at radius 2 is 1.81 bits per heavy atom. The average molecular weight is 587 g/mol. The van der Waals surface area contributed by atoms with Gasteiger partial charge in [-0.2, -0.15) is 22.0 Å². The van der Waals surface area contributed by atoms with E-state index < -0.39 is 48.9 Å². The molecule has 0 radical (unpaired) electrons. The first-order valence-corrected chi connectivity index (χ1v) is 13.1. The van der Waals surface area contributed by atoms with Crippen LogP contribution in [0, 0.1) is 0 Å². The lowest BCUT2D eigenvalue weighted by Crippen LogP contribution is -2.66. The molecule has 2 aromatic carbocycles. The Hall–Kier alpha value is -4.17. The summed E-state index contributed by atoms with van der Waals surface area (Å²) in [7, 11) is 1.65. The molecule has 2 aromatic heterocycles. The number of aliphatic hydroxyl groups is 1. The van der Waals surface area contributed by atoms with E-state index in [2.05, 4.69) is 9.97 Å². The van der Waals surface area contributed by atoms with Gasteiger partial charge in [0.15, 0.2) is 5.60 Å². The van der Waals surface area contributed by atoms with Gasteiger partial charge in [-0.15, -0.1) is 0 Å². The van der Waals surface area contributed by atoms with Crippen LogP contribution < -0.4 is 10.5 Å². The quantitative estimate of drug-likeness (QED) is 0.339. The smallest absolute Gasteiger partial charge is 0.417 e. The monoisotopic (exact) mass is 586 g/mol. The van der Waals surface area contributed by atoms with Crippen molar-refractivity contribution in [2.24, 2.45) is 5.73 Å². The molecule has 14 heteroatoms.